The van der Waals surface area contributed by atoms with Gasteiger partial charge in [0, 0.05) is 11.9 Å². The third-order valence-electron chi connectivity index (χ3n) is 3.00. The van der Waals surface area contributed by atoms with Crippen LogP contribution in [-0.4, -0.2) is 9.97 Å². The minimum absolute atomic E-state index is 0. The summed E-state index contributed by atoms with van der Waals surface area (Å²) in [7, 11) is 0. The molecule has 0 spiro atoms. The van der Waals surface area contributed by atoms with Crippen LogP contribution in [-0.2, 0) is 12.8 Å². The topological polar surface area (TPSA) is 28.7 Å². The van der Waals surface area contributed by atoms with Gasteiger partial charge in [0.15, 0.2) is 0 Å². The Morgan fingerprint density at radius 3 is 1.48 bits per heavy atom. The Balaban J connectivity index is -0.000000129. The molecule has 2 nitrogen and oxygen atoms in total. The summed E-state index contributed by atoms with van der Waals surface area (Å²) in [6.45, 7) is 21.4. The molecule has 0 bridgehead atoms. The van der Waals surface area contributed by atoms with Crippen molar-refractivity contribution >= 4 is 0 Å². The third-order valence-corrected chi connectivity index (χ3v) is 3.00. The van der Waals surface area contributed by atoms with E-state index in [9.17, 15) is 0 Å². The molecule has 2 rings (SSSR count). The molecule has 0 amide bonds. The summed E-state index contributed by atoms with van der Waals surface area (Å²) in [4.78, 5) is 6.81. The normalized spacial score (nSPS) is 8.44. The first kappa shape index (κ1) is 33.0. The van der Waals surface area contributed by atoms with Crippen molar-refractivity contribution in [2.75, 3.05) is 0 Å². The van der Waals surface area contributed by atoms with Crippen LogP contribution in [0.1, 0.15) is 94.3 Å². The maximum atomic E-state index is 3.84. The average molecular weight is 379 g/mol. The molecule has 2 aromatic rings. The van der Waals surface area contributed by atoms with Crippen molar-refractivity contribution in [3.8, 4) is 0 Å². The zero-order chi connectivity index (χ0) is 20.8. The molecular formula is C25H50N2. The SMILES string of the molecule is C.CC.CC(C)C.CCC(C)C.CCc1ccccc1.CCc1cnc[nH]1. The van der Waals surface area contributed by atoms with Crippen LogP contribution in [0, 0.1) is 11.8 Å². The molecular weight excluding hydrogens is 328 g/mol. The predicted octanol–water partition coefficient (Wildman–Crippen LogP) is 8.60. The zero-order valence-electron chi connectivity index (χ0n) is 19.3. The Bertz CT molecular complexity index is 428. The number of aryl methyl sites for hydroxylation is 2. The van der Waals surface area contributed by atoms with E-state index in [2.05, 4.69) is 89.6 Å². The number of hydrogen-bond acceptors (Lipinski definition) is 1. The van der Waals surface area contributed by atoms with E-state index in [0.29, 0.717) is 0 Å². The lowest BCUT2D eigenvalue weighted by Crippen LogP contribution is -1.77. The Kier molecular flexibility index (Phi) is 32.6. The van der Waals surface area contributed by atoms with Gasteiger partial charge in [-0.1, -0.05) is 113 Å². The second-order valence-corrected chi connectivity index (χ2v) is 6.80. The smallest absolute Gasteiger partial charge is 0.0921 e. The van der Waals surface area contributed by atoms with E-state index in [4.69, 9.17) is 0 Å². The van der Waals surface area contributed by atoms with Crippen LogP contribution in [0.15, 0.2) is 42.9 Å². The monoisotopic (exact) mass is 378 g/mol. The first-order valence-electron chi connectivity index (χ1n) is 10.4. The van der Waals surface area contributed by atoms with E-state index in [1.54, 1.807) is 6.33 Å². The zero-order valence-corrected chi connectivity index (χ0v) is 19.3. The van der Waals surface area contributed by atoms with Gasteiger partial charge in [0.25, 0.3) is 0 Å². The number of aromatic nitrogens is 2. The second kappa shape index (κ2) is 26.7. The Morgan fingerprint density at radius 1 is 0.852 bits per heavy atom. The molecule has 0 aliphatic carbocycles. The van der Waals surface area contributed by atoms with Crippen molar-refractivity contribution in [3.63, 3.8) is 0 Å². The van der Waals surface area contributed by atoms with Crippen molar-refractivity contribution in [1.82, 2.24) is 9.97 Å². The van der Waals surface area contributed by atoms with E-state index < -0.39 is 0 Å². The summed E-state index contributed by atoms with van der Waals surface area (Å²) in [6, 6.07) is 10.5. The first-order valence-corrected chi connectivity index (χ1v) is 10.4. The molecule has 1 aromatic carbocycles. The van der Waals surface area contributed by atoms with Crippen LogP contribution in [0.2, 0.25) is 0 Å². The fraction of sp³-hybridized carbons (Fsp3) is 0.640. The Labute approximate surface area is 172 Å². The number of H-pyrrole nitrogens is 1. The number of benzene rings is 1. The van der Waals surface area contributed by atoms with Gasteiger partial charge in [-0.25, -0.2) is 4.98 Å². The standard InChI is InChI=1S/C8H10.C5H8N2.C5H12.C4H10.C2H6.CH4/c1-2-8-6-4-3-5-7-8;1-2-5-3-6-4-7-5;1-4-5(2)3;1-4(2)3;1-2;/h3-7H,2H2,1H3;3-4H,2H2,1H3,(H,6,7);5H,4H2,1-3H3;4H,1-3H3;1-2H3;1H4. The Morgan fingerprint density at radius 2 is 1.30 bits per heavy atom. The molecule has 1 heterocycles. The molecule has 160 valence electrons. The summed E-state index contributed by atoms with van der Waals surface area (Å²) in [5.41, 5.74) is 2.60. The molecule has 0 aliphatic rings. The van der Waals surface area contributed by atoms with Crippen molar-refractivity contribution < 1.29 is 0 Å². The van der Waals surface area contributed by atoms with Gasteiger partial charge < -0.3 is 4.98 Å². The minimum Gasteiger partial charge on any atom is -0.349 e. The number of rotatable bonds is 3. The van der Waals surface area contributed by atoms with Crippen LogP contribution in [0.5, 0.6) is 0 Å². The predicted molar refractivity (Wildman–Crippen MR) is 128 cm³/mol. The average Bonchev–Trinajstić information content (AvgIpc) is 3.18. The first-order chi connectivity index (χ1) is 12.4. The summed E-state index contributed by atoms with van der Waals surface area (Å²) < 4.78 is 0. The van der Waals surface area contributed by atoms with Crippen LogP contribution >= 0.6 is 0 Å². The quantitative estimate of drug-likeness (QED) is 0.569. The van der Waals surface area contributed by atoms with E-state index in [1.165, 1.54) is 17.7 Å². The molecule has 1 aromatic heterocycles. The van der Waals surface area contributed by atoms with Crippen LogP contribution in [0.3, 0.4) is 0 Å². The van der Waals surface area contributed by atoms with Crippen molar-refractivity contribution in [1.29, 1.82) is 0 Å². The van der Waals surface area contributed by atoms with Gasteiger partial charge >= 0.3 is 0 Å². The molecule has 2 heteroatoms. The van der Waals surface area contributed by atoms with Gasteiger partial charge in [-0.05, 0) is 30.2 Å². The fourth-order valence-corrected chi connectivity index (χ4v) is 1.19. The van der Waals surface area contributed by atoms with Crippen LogP contribution in [0.4, 0.5) is 0 Å². The molecule has 0 aliphatic heterocycles. The number of aromatic amines is 1. The van der Waals surface area contributed by atoms with Gasteiger partial charge in [0.1, 0.15) is 0 Å². The van der Waals surface area contributed by atoms with Gasteiger partial charge in [0.2, 0.25) is 0 Å². The molecule has 0 unspecified atom stereocenters. The van der Waals surface area contributed by atoms with E-state index in [-0.39, 0.29) is 7.43 Å². The van der Waals surface area contributed by atoms with E-state index >= 15 is 0 Å². The molecule has 0 radical (unpaired) electrons. The highest BCUT2D eigenvalue weighted by molar-refractivity contribution is 5.13. The summed E-state index contributed by atoms with van der Waals surface area (Å²) >= 11 is 0. The lowest BCUT2D eigenvalue weighted by atomic mass is 10.2. The summed E-state index contributed by atoms with van der Waals surface area (Å²) in [5, 5.41) is 0. The highest BCUT2D eigenvalue weighted by Gasteiger charge is 1.82. The lowest BCUT2D eigenvalue weighted by Gasteiger charge is -1.90. The van der Waals surface area contributed by atoms with Gasteiger partial charge in [-0.2, -0.15) is 0 Å². The Hall–Kier alpha value is -1.57. The highest BCUT2D eigenvalue weighted by atomic mass is 14.8. The van der Waals surface area contributed by atoms with Crippen molar-refractivity contribution in [2.24, 2.45) is 11.8 Å². The summed E-state index contributed by atoms with van der Waals surface area (Å²) in [6.07, 6.45) is 7.01. The molecule has 27 heavy (non-hydrogen) atoms. The molecule has 0 atom stereocenters. The molecule has 0 saturated carbocycles. The molecule has 0 fully saturated rings. The molecule has 1 N–H and O–H groups in total. The largest absolute Gasteiger partial charge is 0.349 e. The third kappa shape index (κ3) is 32.6. The number of nitrogens with zero attached hydrogens (tertiary/aromatic N) is 1. The van der Waals surface area contributed by atoms with Gasteiger partial charge in [-0.3, -0.25) is 0 Å². The fourth-order valence-electron chi connectivity index (χ4n) is 1.19. The minimum atomic E-state index is 0. The maximum absolute atomic E-state index is 3.84. The van der Waals surface area contributed by atoms with Gasteiger partial charge in [-0.15, -0.1) is 0 Å². The summed E-state index contributed by atoms with van der Waals surface area (Å²) in [5.74, 6) is 1.72. The number of imidazole rings is 1. The van der Waals surface area contributed by atoms with E-state index in [0.717, 1.165) is 24.7 Å². The van der Waals surface area contributed by atoms with Crippen molar-refractivity contribution in [2.45, 2.75) is 95.9 Å². The number of hydrogen-bond donors (Lipinski definition) is 1. The lowest BCUT2D eigenvalue weighted by molar-refractivity contribution is 0.626. The highest BCUT2D eigenvalue weighted by Crippen LogP contribution is 1.97. The van der Waals surface area contributed by atoms with Crippen molar-refractivity contribution in [3.05, 3.63) is 54.1 Å². The van der Waals surface area contributed by atoms with Gasteiger partial charge in [0.05, 0.1) is 6.33 Å². The van der Waals surface area contributed by atoms with E-state index in [1.807, 2.05) is 26.1 Å². The van der Waals surface area contributed by atoms with Crippen LogP contribution < -0.4 is 0 Å². The maximum Gasteiger partial charge on any atom is 0.0921 e. The molecule has 0 saturated heterocycles. The second-order valence-electron chi connectivity index (χ2n) is 6.80. The van der Waals surface area contributed by atoms with Crippen LogP contribution in [0.25, 0.3) is 0 Å². The number of nitrogens with one attached hydrogen (secondary N) is 1.